The minimum Gasteiger partial charge on any atom is -0.494 e. The number of rotatable bonds is 6. The first-order valence-electron chi connectivity index (χ1n) is 12.3. The number of benzene rings is 1. The topological polar surface area (TPSA) is 109 Å². The first-order chi connectivity index (χ1) is 17.5. The zero-order valence-corrected chi connectivity index (χ0v) is 20.6. The van der Waals surface area contributed by atoms with Gasteiger partial charge in [-0.2, -0.15) is 5.10 Å². The van der Waals surface area contributed by atoms with Gasteiger partial charge in [0.05, 0.1) is 31.5 Å². The van der Waals surface area contributed by atoms with E-state index in [1.807, 2.05) is 24.3 Å². The molecule has 2 aliphatic rings. The highest BCUT2D eigenvalue weighted by Gasteiger charge is 2.44. The molecule has 188 valence electrons. The lowest BCUT2D eigenvalue weighted by Crippen LogP contribution is -2.39. The third-order valence-electron chi connectivity index (χ3n) is 7.60. The molecule has 1 saturated heterocycles. The van der Waals surface area contributed by atoms with Crippen molar-refractivity contribution in [3.63, 3.8) is 0 Å². The Balaban J connectivity index is 1.25. The third kappa shape index (κ3) is 4.78. The van der Waals surface area contributed by atoms with Crippen molar-refractivity contribution in [3.8, 4) is 17.1 Å². The van der Waals surface area contributed by atoms with E-state index in [-0.39, 0.29) is 23.2 Å². The molecule has 2 N–H and O–H groups in total. The summed E-state index contributed by atoms with van der Waals surface area (Å²) in [7, 11) is 3.08. The molecule has 2 fully saturated rings. The van der Waals surface area contributed by atoms with Crippen LogP contribution in [0.2, 0.25) is 0 Å². The van der Waals surface area contributed by atoms with Gasteiger partial charge in [0.1, 0.15) is 17.1 Å². The fraction of sp³-hybridized carbons (Fsp3) is 0.407. The molecule has 3 heterocycles. The van der Waals surface area contributed by atoms with Crippen molar-refractivity contribution in [2.45, 2.75) is 32.1 Å². The SMILES string of the molecule is COC(=O)C1CCC2(CCN(c3ccc(NC(=O)c4cccc(-c5cc[nH]n5)n4)c(OC)c3)CC2)C1. The summed E-state index contributed by atoms with van der Waals surface area (Å²) >= 11 is 0. The van der Waals surface area contributed by atoms with E-state index in [1.165, 1.54) is 7.11 Å². The standard InChI is InChI=1S/C27H31N5O4/c1-35-24-16-19(32-14-11-27(12-15-32)10-8-18(17-27)26(34)36-2)6-7-22(24)30-25(33)23-5-3-4-20(29-23)21-9-13-28-31-21/h3-7,9,13,16,18H,8,10-12,14-15,17H2,1-2H3,(H,28,31)(H,30,33). The number of hydrogen-bond acceptors (Lipinski definition) is 7. The Morgan fingerprint density at radius 1 is 1.08 bits per heavy atom. The molecular weight excluding hydrogens is 458 g/mol. The molecule has 0 radical (unpaired) electrons. The Kier molecular flexibility index (Phi) is 6.63. The van der Waals surface area contributed by atoms with Crippen molar-refractivity contribution >= 4 is 23.3 Å². The van der Waals surface area contributed by atoms with Crippen LogP contribution in [0.4, 0.5) is 11.4 Å². The summed E-state index contributed by atoms with van der Waals surface area (Å²) in [5.41, 5.74) is 3.47. The normalized spacial score (nSPS) is 18.7. The van der Waals surface area contributed by atoms with Crippen LogP contribution >= 0.6 is 0 Å². The Hall–Kier alpha value is -3.88. The van der Waals surface area contributed by atoms with Crippen molar-refractivity contribution in [1.82, 2.24) is 15.2 Å². The second kappa shape index (κ2) is 10.0. The number of aromatic nitrogens is 3. The summed E-state index contributed by atoms with van der Waals surface area (Å²) in [5, 5.41) is 9.81. The summed E-state index contributed by atoms with van der Waals surface area (Å²) in [6.07, 6.45) is 6.76. The van der Waals surface area contributed by atoms with Crippen LogP contribution in [0.3, 0.4) is 0 Å². The molecule has 36 heavy (non-hydrogen) atoms. The summed E-state index contributed by atoms with van der Waals surface area (Å²) < 4.78 is 10.6. The van der Waals surface area contributed by atoms with Crippen LogP contribution in [-0.4, -0.2) is 54.4 Å². The molecule has 9 heteroatoms. The number of amides is 1. The number of esters is 1. The lowest BCUT2D eigenvalue weighted by Gasteiger charge is -2.40. The van der Waals surface area contributed by atoms with E-state index in [2.05, 4.69) is 25.4 Å². The number of nitrogens with zero attached hydrogens (tertiary/aromatic N) is 3. The van der Waals surface area contributed by atoms with Crippen LogP contribution in [0.1, 0.15) is 42.6 Å². The summed E-state index contributed by atoms with van der Waals surface area (Å²) in [6, 6.07) is 12.9. The van der Waals surface area contributed by atoms with Crippen molar-refractivity contribution < 1.29 is 19.1 Å². The number of aromatic amines is 1. The zero-order valence-electron chi connectivity index (χ0n) is 20.6. The molecule has 1 unspecified atom stereocenters. The van der Waals surface area contributed by atoms with Crippen molar-refractivity contribution in [3.05, 3.63) is 54.4 Å². The van der Waals surface area contributed by atoms with Crippen LogP contribution in [-0.2, 0) is 9.53 Å². The minimum absolute atomic E-state index is 0.0407. The van der Waals surface area contributed by atoms with Gasteiger partial charge in [0.15, 0.2) is 0 Å². The van der Waals surface area contributed by atoms with Gasteiger partial charge >= 0.3 is 5.97 Å². The lowest BCUT2D eigenvalue weighted by molar-refractivity contribution is -0.145. The molecule has 0 bridgehead atoms. The summed E-state index contributed by atoms with van der Waals surface area (Å²) in [5.74, 6) is 0.245. The number of H-pyrrole nitrogens is 1. The zero-order chi connectivity index (χ0) is 25.1. The Bertz CT molecular complexity index is 1230. The van der Waals surface area contributed by atoms with E-state index >= 15 is 0 Å². The average molecular weight is 490 g/mol. The highest BCUT2D eigenvalue weighted by molar-refractivity contribution is 6.04. The number of nitrogens with one attached hydrogen (secondary N) is 2. The number of carbonyl (C=O) groups is 2. The van der Waals surface area contributed by atoms with Crippen molar-refractivity contribution in [2.24, 2.45) is 11.3 Å². The maximum Gasteiger partial charge on any atom is 0.308 e. The van der Waals surface area contributed by atoms with Gasteiger partial charge in [-0.15, -0.1) is 0 Å². The number of carbonyl (C=O) groups excluding carboxylic acids is 2. The van der Waals surface area contributed by atoms with Crippen LogP contribution in [0, 0.1) is 11.3 Å². The van der Waals surface area contributed by atoms with Gasteiger partial charge in [-0.05, 0) is 67.9 Å². The number of methoxy groups -OCH3 is 2. The van der Waals surface area contributed by atoms with E-state index < -0.39 is 0 Å². The lowest BCUT2D eigenvalue weighted by atomic mass is 9.76. The third-order valence-corrected chi connectivity index (χ3v) is 7.60. The maximum atomic E-state index is 12.9. The minimum atomic E-state index is -0.320. The molecule has 5 rings (SSSR count). The fourth-order valence-corrected chi connectivity index (χ4v) is 5.54. The molecule has 1 aliphatic carbocycles. The number of anilines is 2. The number of pyridine rings is 1. The molecule has 1 aromatic carbocycles. The number of hydrogen-bond donors (Lipinski definition) is 2. The molecule has 1 aliphatic heterocycles. The van der Waals surface area contributed by atoms with E-state index in [4.69, 9.17) is 9.47 Å². The van der Waals surface area contributed by atoms with E-state index in [9.17, 15) is 9.59 Å². The molecule has 1 spiro atoms. The van der Waals surface area contributed by atoms with Crippen LogP contribution < -0.4 is 15.0 Å². The average Bonchev–Trinajstić information content (AvgIpc) is 3.60. The van der Waals surface area contributed by atoms with Crippen LogP contribution in [0.15, 0.2) is 48.7 Å². The van der Waals surface area contributed by atoms with Gasteiger partial charge in [-0.25, -0.2) is 4.98 Å². The van der Waals surface area contributed by atoms with Gasteiger partial charge < -0.3 is 19.7 Å². The molecule has 9 nitrogen and oxygen atoms in total. The first kappa shape index (κ1) is 23.8. The molecule has 1 amide bonds. The second-order valence-electron chi connectivity index (χ2n) is 9.66. The number of piperidine rings is 1. The smallest absolute Gasteiger partial charge is 0.308 e. The van der Waals surface area contributed by atoms with Gasteiger partial charge in [-0.1, -0.05) is 6.07 Å². The van der Waals surface area contributed by atoms with E-state index in [0.29, 0.717) is 28.5 Å². The maximum absolute atomic E-state index is 12.9. The highest BCUT2D eigenvalue weighted by atomic mass is 16.5. The van der Waals surface area contributed by atoms with Crippen LogP contribution in [0.5, 0.6) is 5.75 Å². The van der Waals surface area contributed by atoms with E-state index in [1.54, 1.807) is 31.5 Å². The molecular formula is C27H31N5O4. The Labute approximate surface area is 210 Å². The van der Waals surface area contributed by atoms with Crippen molar-refractivity contribution in [1.29, 1.82) is 0 Å². The number of ether oxygens (including phenoxy) is 2. The largest absolute Gasteiger partial charge is 0.494 e. The molecule has 1 atom stereocenters. The first-order valence-corrected chi connectivity index (χ1v) is 12.3. The predicted octanol–water partition coefficient (Wildman–Crippen LogP) is 4.29. The van der Waals surface area contributed by atoms with Crippen LogP contribution in [0.25, 0.3) is 11.4 Å². The highest BCUT2D eigenvalue weighted by Crippen LogP contribution is 2.49. The van der Waals surface area contributed by atoms with E-state index in [0.717, 1.165) is 50.9 Å². The molecule has 1 saturated carbocycles. The Morgan fingerprint density at radius 2 is 1.92 bits per heavy atom. The second-order valence-corrected chi connectivity index (χ2v) is 9.66. The van der Waals surface area contributed by atoms with Crippen molar-refractivity contribution in [2.75, 3.05) is 37.5 Å². The molecule has 3 aromatic rings. The predicted molar refractivity (Wildman–Crippen MR) is 136 cm³/mol. The van der Waals surface area contributed by atoms with Gasteiger partial charge in [0.25, 0.3) is 5.91 Å². The quantitative estimate of drug-likeness (QED) is 0.497. The Morgan fingerprint density at radius 3 is 2.64 bits per heavy atom. The van der Waals surface area contributed by atoms with Gasteiger partial charge in [0, 0.05) is 31.0 Å². The summed E-state index contributed by atoms with van der Waals surface area (Å²) in [6.45, 7) is 1.85. The fourth-order valence-electron chi connectivity index (χ4n) is 5.54. The molecule has 2 aromatic heterocycles. The van der Waals surface area contributed by atoms with Gasteiger partial charge in [-0.3, -0.25) is 14.7 Å². The summed E-state index contributed by atoms with van der Waals surface area (Å²) in [4.78, 5) is 31.7. The van der Waals surface area contributed by atoms with Gasteiger partial charge in [0.2, 0.25) is 0 Å². The monoisotopic (exact) mass is 489 g/mol.